The van der Waals surface area contributed by atoms with Gasteiger partial charge in [0.05, 0.1) is 0 Å². The molecule has 0 saturated carbocycles. The fourth-order valence-electron chi connectivity index (χ4n) is 0.295. The molecule has 0 spiro atoms. The largest absolute Gasteiger partial charge is 0.380 e. The van der Waals surface area contributed by atoms with E-state index >= 15 is 0 Å². The Morgan fingerprint density at radius 3 is 2.57 bits per heavy atom. The standard InChI is InChI=1S/C5H12N2/c1-3-7(2)5-4-6/h3H,1,4-6H2,2H3. The second-order valence-electron chi connectivity index (χ2n) is 1.45. The molecular formula is C5H12N2. The predicted octanol–water partition coefficient (Wildman–Crippen LogP) is 0.0204. The van der Waals surface area contributed by atoms with Crippen LogP contribution in [0.4, 0.5) is 0 Å². The SMILES string of the molecule is C=CN(C)CCN. The maximum absolute atomic E-state index is 5.22. The monoisotopic (exact) mass is 100 g/mol. The van der Waals surface area contributed by atoms with Crippen LogP contribution in [0.15, 0.2) is 12.8 Å². The average Bonchev–Trinajstić information content (AvgIpc) is 1.68. The van der Waals surface area contributed by atoms with Crippen LogP contribution in [0, 0.1) is 0 Å². The smallest absolute Gasteiger partial charge is 0.0292 e. The molecule has 2 N–H and O–H groups in total. The van der Waals surface area contributed by atoms with E-state index in [2.05, 4.69) is 6.58 Å². The Morgan fingerprint density at radius 1 is 1.86 bits per heavy atom. The van der Waals surface area contributed by atoms with E-state index in [0.717, 1.165) is 6.54 Å². The number of rotatable bonds is 3. The minimum atomic E-state index is 0.697. The molecule has 0 heterocycles. The van der Waals surface area contributed by atoms with E-state index < -0.39 is 0 Å². The predicted molar refractivity (Wildman–Crippen MR) is 31.9 cm³/mol. The highest BCUT2D eigenvalue weighted by Gasteiger charge is 1.81. The molecule has 2 nitrogen and oxygen atoms in total. The van der Waals surface area contributed by atoms with Crippen LogP contribution in [0.1, 0.15) is 0 Å². The van der Waals surface area contributed by atoms with E-state index in [1.807, 2.05) is 11.9 Å². The van der Waals surface area contributed by atoms with Crippen LogP contribution < -0.4 is 5.73 Å². The van der Waals surface area contributed by atoms with Gasteiger partial charge in [0.2, 0.25) is 0 Å². The Bertz CT molecular complexity index is 52.0. The second-order valence-corrected chi connectivity index (χ2v) is 1.45. The van der Waals surface area contributed by atoms with Crippen molar-refractivity contribution >= 4 is 0 Å². The van der Waals surface area contributed by atoms with Gasteiger partial charge in [-0.1, -0.05) is 6.58 Å². The van der Waals surface area contributed by atoms with Gasteiger partial charge in [0.15, 0.2) is 0 Å². The molecule has 0 aliphatic heterocycles. The fourth-order valence-corrected chi connectivity index (χ4v) is 0.295. The van der Waals surface area contributed by atoms with Crippen molar-refractivity contribution in [1.29, 1.82) is 0 Å². The Labute approximate surface area is 44.6 Å². The van der Waals surface area contributed by atoms with Crippen LogP contribution in [0.25, 0.3) is 0 Å². The van der Waals surface area contributed by atoms with Gasteiger partial charge in [-0.2, -0.15) is 0 Å². The minimum Gasteiger partial charge on any atom is -0.380 e. The lowest BCUT2D eigenvalue weighted by Gasteiger charge is -2.09. The van der Waals surface area contributed by atoms with Gasteiger partial charge in [-0.3, -0.25) is 0 Å². The average molecular weight is 100 g/mol. The zero-order valence-electron chi connectivity index (χ0n) is 4.72. The van der Waals surface area contributed by atoms with Gasteiger partial charge in [0.1, 0.15) is 0 Å². The molecule has 2 heteroatoms. The second kappa shape index (κ2) is 3.68. The Kier molecular flexibility index (Phi) is 3.42. The molecule has 0 fully saturated rings. The number of hydrogen-bond acceptors (Lipinski definition) is 2. The van der Waals surface area contributed by atoms with Crippen LogP contribution in [-0.4, -0.2) is 25.0 Å². The summed E-state index contributed by atoms with van der Waals surface area (Å²) >= 11 is 0. The molecule has 42 valence electrons. The van der Waals surface area contributed by atoms with Gasteiger partial charge in [-0.15, -0.1) is 0 Å². The molecule has 0 aliphatic rings. The summed E-state index contributed by atoms with van der Waals surface area (Å²) in [6, 6.07) is 0. The first-order chi connectivity index (χ1) is 3.31. The molecule has 0 radical (unpaired) electrons. The summed E-state index contributed by atoms with van der Waals surface area (Å²) in [5.41, 5.74) is 5.22. The summed E-state index contributed by atoms with van der Waals surface area (Å²) < 4.78 is 0. The van der Waals surface area contributed by atoms with Crippen LogP contribution in [0.5, 0.6) is 0 Å². The van der Waals surface area contributed by atoms with Crippen molar-refractivity contribution in [3.8, 4) is 0 Å². The lowest BCUT2D eigenvalue weighted by atomic mass is 10.6. The summed E-state index contributed by atoms with van der Waals surface area (Å²) in [5, 5.41) is 0. The van der Waals surface area contributed by atoms with Crippen molar-refractivity contribution in [2.45, 2.75) is 0 Å². The summed E-state index contributed by atoms with van der Waals surface area (Å²) in [5.74, 6) is 0. The summed E-state index contributed by atoms with van der Waals surface area (Å²) in [7, 11) is 1.94. The number of hydrogen-bond donors (Lipinski definition) is 1. The lowest BCUT2D eigenvalue weighted by Crippen LogP contribution is -2.19. The first kappa shape index (κ1) is 6.50. The third-order valence-corrected chi connectivity index (χ3v) is 0.793. The van der Waals surface area contributed by atoms with Gasteiger partial charge < -0.3 is 10.6 Å². The van der Waals surface area contributed by atoms with E-state index in [1.54, 1.807) is 6.20 Å². The normalized spacial score (nSPS) is 8.29. The molecular weight excluding hydrogens is 88.1 g/mol. The molecule has 0 atom stereocenters. The fraction of sp³-hybridized carbons (Fsp3) is 0.600. The van der Waals surface area contributed by atoms with Crippen molar-refractivity contribution in [2.24, 2.45) is 5.73 Å². The molecule has 0 rings (SSSR count). The van der Waals surface area contributed by atoms with E-state index in [1.165, 1.54) is 0 Å². The minimum absolute atomic E-state index is 0.697. The summed E-state index contributed by atoms with van der Waals surface area (Å²) in [4.78, 5) is 1.94. The van der Waals surface area contributed by atoms with Crippen molar-refractivity contribution in [3.63, 3.8) is 0 Å². The van der Waals surface area contributed by atoms with Crippen LogP contribution >= 0.6 is 0 Å². The first-order valence-electron chi connectivity index (χ1n) is 2.34. The molecule has 0 unspecified atom stereocenters. The molecule has 0 bridgehead atoms. The van der Waals surface area contributed by atoms with Crippen molar-refractivity contribution in [1.82, 2.24) is 4.90 Å². The molecule has 0 aliphatic carbocycles. The van der Waals surface area contributed by atoms with Gasteiger partial charge in [0.25, 0.3) is 0 Å². The summed E-state index contributed by atoms with van der Waals surface area (Å²) in [6.45, 7) is 5.14. The van der Waals surface area contributed by atoms with Gasteiger partial charge in [0, 0.05) is 20.1 Å². The van der Waals surface area contributed by atoms with E-state index in [9.17, 15) is 0 Å². The van der Waals surface area contributed by atoms with E-state index in [0.29, 0.717) is 6.54 Å². The summed E-state index contributed by atoms with van der Waals surface area (Å²) in [6.07, 6.45) is 1.76. The highest BCUT2D eigenvalue weighted by molar-refractivity contribution is 4.65. The topological polar surface area (TPSA) is 29.3 Å². The van der Waals surface area contributed by atoms with Crippen LogP contribution in [0.2, 0.25) is 0 Å². The van der Waals surface area contributed by atoms with Gasteiger partial charge >= 0.3 is 0 Å². The third kappa shape index (κ3) is 3.33. The third-order valence-electron chi connectivity index (χ3n) is 0.793. The highest BCUT2D eigenvalue weighted by atomic mass is 15.1. The van der Waals surface area contributed by atoms with Crippen LogP contribution in [-0.2, 0) is 0 Å². The zero-order valence-corrected chi connectivity index (χ0v) is 4.72. The zero-order chi connectivity index (χ0) is 5.70. The maximum Gasteiger partial charge on any atom is 0.0292 e. The Hall–Kier alpha value is -0.500. The van der Waals surface area contributed by atoms with E-state index in [-0.39, 0.29) is 0 Å². The number of nitrogens with zero attached hydrogens (tertiary/aromatic N) is 1. The number of likely N-dealkylation sites (N-methyl/N-ethyl adjacent to an activating group) is 1. The number of nitrogens with two attached hydrogens (primary N) is 1. The van der Waals surface area contributed by atoms with Gasteiger partial charge in [-0.05, 0) is 6.20 Å². The Morgan fingerprint density at radius 2 is 2.43 bits per heavy atom. The highest BCUT2D eigenvalue weighted by Crippen LogP contribution is 1.75. The molecule has 0 aromatic heterocycles. The first-order valence-corrected chi connectivity index (χ1v) is 2.34. The molecule has 7 heavy (non-hydrogen) atoms. The Balaban J connectivity index is 2.98. The van der Waals surface area contributed by atoms with E-state index in [4.69, 9.17) is 5.73 Å². The van der Waals surface area contributed by atoms with Crippen LogP contribution in [0.3, 0.4) is 0 Å². The van der Waals surface area contributed by atoms with Crippen molar-refractivity contribution in [3.05, 3.63) is 12.8 Å². The molecule has 0 aromatic rings. The molecule has 0 aromatic carbocycles. The molecule has 0 saturated heterocycles. The molecule has 0 amide bonds. The van der Waals surface area contributed by atoms with Crippen molar-refractivity contribution in [2.75, 3.05) is 20.1 Å². The maximum atomic E-state index is 5.22. The lowest BCUT2D eigenvalue weighted by molar-refractivity contribution is 0.469. The van der Waals surface area contributed by atoms with Gasteiger partial charge in [-0.25, -0.2) is 0 Å². The van der Waals surface area contributed by atoms with Crippen molar-refractivity contribution < 1.29 is 0 Å². The quantitative estimate of drug-likeness (QED) is 0.541.